The van der Waals surface area contributed by atoms with Crippen LogP contribution in [0, 0.1) is 54.0 Å². The molecule has 6 aliphatic carbocycles. The van der Waals surface area contributed by atoms with E-state index in [4.69, 9.17) is 22.7 Å². The summed E-state index contributed by atoms with van der Waals surface area (Å²) in [4.78, 5) is 16.2. The summed E-state index contributed by atoms with van der Waals surface area (Å²) in [7, 11) is 0. The zero-order valence-electron chi connectivity index (χ0n) is 9.28. The van der Waals surface area contributed by atoms with Gasteiger partial charge in [-0.05, 0) is 53.8 Å². The van der Waals surface area contributed by atoms with Crippen LogP contribution in [0.5, 0.6) is 0 Å². The summed E-state index contributed by atoms with van der Waals surface area (Å²) in [6.45, 7) is 4.50. The van der Waals surface area contributed by atoms with Crippen molar-refractivity contribution in [3.8, 4) is 0 Å². The molecule has 0 radical (unpaired) electrons. The largest absolute Gasteiger partial charge is 0 e. The fourth-order valence-electron chi connectivity index (χ4n) is 5.72. The molecule has 100 valence electrons. The van der Waals surface area contributed by atoms with Crippen molar-refractivity contribution >= 4 is 17.7 Å². The van der Waals surface area contributed by atoms with Crippen LogP contribution in [0.15, 0.2) is 0 Å². The van der Waals surface area contributed by atoms with Crippen molar-refractivity contribution in [2.75, 3.05) is 0 Å². The van der Waals surface area contributed by atoms with E-state index in [2.05, 4.69) is 6.65 Å². The van der Waals surface area contributed by atoms with Crippen LogP contribution >= 0.6 is 0 Å². The van der Waals surface area contributed by atoms with E-state index in [1.165, 1.54) is 47.3 Å². The van der Waals surface area contributed by atoms with Gasteiger partial charge in [0.25, 0.3) is 0 Å². The second kappa shape index (κ2) is 5.26. The standard InChI is InChI=1S/C9H10.CO2.CO.O2S.H2O.H2/c1-2-4-6-3(1)7-5(2)8(4)9(6)7;2-1-3;1-2;1-3-2;;/h2-9H,1H2;;;;1H2;1H/t2?,3?,4-,5?,6?,7?,8?,9?;;;;;/m1...../s1. The molecule has 8 atom stereocenters. The fourth-order valence-corrected chi connectivity index (χ4v) is 5.72. The molecule has 0 aliphatic heterocycles. The van der Waals surface area contributed by atoms with E-state index in [1.807, 2.05) is 0 Å². The number of carbonyl (C=O) groups excluding carboxylic acids is 2. The van der Waals surface area contributed by atoms with Gasteiger partial charge in [0.15, 0.2) is 0 Å². The first-order valence-electron chi connectivity index (χ1n) is 5.43. The van der Waals surface area contributed by atoms with Gasteiger partial charge in [-0.15, -0.1) is 0 Å². The Bertz CT molecular complexity index is 359. The minimum Gasteiger partial charge on any atom is 0 e. The molecule has 6 aliphatic rings. The van der Waals surface area contributed by atoms with Crippen LogP contribution in [-0.2, 0) is 25.8 Å². The quantitative estimate of drug-likeness (QED) is 0.437. The Hall–Kier alpha value is -1.10. The molecule has 2 bridgehead atoms. The molecule has 0 heterocycles. The van der Waals surface area contributed by atoms with Gasteiger partial charge in [-0.3, -0.25) is 0 Å². The van der Waals surface area contributed by atoms with Gasteiger partial charge in [0.2, 0.25) is 0 Å². The van der Waals surface area contributed by atoms with Crippen molar-refractivity contribution in [1.29, 1.82) is 0 Å². The van der Waals surface area contributed by atoms with Gasteiger partial charge in [0, 0.05) is 1.43 Å². The molecule has 6 nitrogen and oxygen atoms in total. The van der Waals surface area contributed by atoms with Gasteiger partial charge in [-0.1, -0.05) is 0 Å². The van der Waals surface area contributed by atoms with E-state index in [1.54, 1.807) is 6.42 Å². The Morgan fingerprint density at radius 3 is 1.33 bits per heavy atom. The zero-order chi connectivity index (χ0) is 12.7. The van der Waals surface area contributed by atoms with Gasteiger partial charge >= 0.3 is 29.0 Å². The van der Waals surface area contributed by atoms with Crippen LogP contribution in [0.25, 0.3) is 0 Å². The fraction of sp³-hybridized carbons (Fsp3) is 0.818. The summed E-state index contributed by atoms with van der Waals surface area (Å²) in [5.41, 5.74) is 0. The van der Waals surface area contributed by atoms with Gasteiger partial charge in [-0.25, -0.2) is 0 Å². The van der Waals surface area contributed by atoms with Crippen molar-refractivity contribution in [3.63, 3.8) is 0 Å². The van der Waals surface area contributed by atoms with Gasteiger partial charge < -0.3 is 5.48 Å². The molecule has 6 rings (SSSR count). The number of rotatable bonds is 0. The first kappa shape index (κ1) is 15.0. The van der Waals surface area contributed by atoms with Crippen LogP contribution < -0.4 is 0 Å². The molecule has 6 saturated carbocycles. The Morgan fingerprint density at radius 1 is 0.944 bits per heavy atom. The van der Waals surface area contributed by atoms with Gasteiger partial charge in [-0.2, -0.15) is 18.0 Å². The summed E-state index contributed by atoms with van der Waals surface area (Å²) in [6, 6.07) is 0. The Labute approximate surface area is 108 Å². The number of hydrogen-bond acceptors (Lipinski definition) is 4. The Morgan fingerprint density at radius 2 is 1.17 bits per heavy atom. The molecule has 0 saturated heterocycles. The van der Waals surface area contributed by atoms with Crippen molar-refractivity contribution in [2.45, 2.75) is 6.42 Å². The summed E-state index contributed by atoms with van der Waals surface area (Å²) in [5.74, 6) is 10.5. The topological polar surface area (TPSA) is 120 Å². The molecule has 7 heteroatoms. The smallest absolute Gasteiger partial charge is 0 e. The monoisotopic (exact) mass is 274 g/mol. The van der Waals surface area contributed by atoms with E-state index in [0.717, 1.165) is 0 Å². The maximum absolute atomic E-state index is 8.29. The second-order valence-electron chi connectivity index (χ2n) is 5.18. The average molecular weight is 274 g/mol. The second-order valence-corrected chi connectivity index (χ2v) is 5.31. The number of hydrogen-bond donors (Lipinski definition) is 0. The first-order valence-corrected chi connectivity index (χ1v) is 6.10. The molecule has 7 unspecified atom stereocenters. The molecular weight excluding hydrogens is 260 g/mol. The van der Waals surface area contributed by atoms with Gasteiger partial charge in [0.05, 0.1) is 0 Å². The van der Waals surface area contributed by atoms with Crippen LogP contribution in [0.1, 0.15) is 7.85 Å². The van der Waals surface area contributed by atoms with Crippen LogP contribution in [0.2, 0.25) is 0 Å². The first-order chi connectivity index (χ1) is 8.31. The van der Waals surface area contributed by atoms with E-state index < -0.39 is 11.6 Å². The maximum atomic E-state index is 8.29. The maximum Gasteiger partial charge on any atom is 0 e. The summed E-state index contributed by atoms with van der Waals surface area (Å²) in [5, 5.41) is 0. The van der Waals surface area contributed by atoms with Crippen molar-refractivity contribution in [1.82, 2.24) is 0 Å². The van der Waals surface area contributed by atoms with E-state index in [0.29, 0.717) is 0 Å². The third-order valence-electron chi connectivity index (χ3n) is 5.63. The van der Waals surface area contributed by atoms with Crippen LogP contribution in [-0.4, -0.2) is 20.0 Å². The minimum absolute atomic E-state index is 0. The normalized spacial score (nSPS) is 50.6. The predicted octanol–water partition coefficient (Wildman–Crippen LogP) is -0.496. The zero-order valence-corrected chi connectivity index (χ0v) is 10.1. The third kappa shape index (κ3) is 1.31. The molecule has 6 fully saturated rings. The SMILES string of the molecule is C1C2C3C4C1[C@@H]1C2C3C41.O.O=C=O.O=S=O.[C-]#[O+].[HH]. The Balaban J connectivity index is 0.000000290. The molecular formula is C11H14O6S. The summed E-state index contributed by atoms with van der Waals surface area (Å²) in [6.07, 6.45) is 1.93. The average Bonchev–Trinajstić information content (AvgIpc) is 2.57. The molecule has 0 amide bonds. The molecule has 18 heavy (non-hydrogen) atoms. The van der Waals surface area contributed by atoms with Crippen molar-refractivity contribution < 1.29 is 29.6 Å². The summed E-state index contributed by atoms with van der Waals surface area (Å²) < 4.78 is 24.1. The molecule has 2 N–H and O–H groups in total. The predicted molar refractivity (Wildman–Crippen MR) is 56.1 cm³/mol. The summed E-state index contributed by atoms with van der Waals surface area (Å²) >= 11 is -0.750. The third-order valence-corrected chi connectivity index (χ3v) is 5.63. The minimum atomic E-state index is -0.750. The van der Waals surface area contributed by atoms with Crippen LogP contribution in [0.4, 0.5) is 0 Å². The molecule has 0 aromatic heterocycles. The van der Waals surface area contributed by atoms with E-state index >= 15 is 0 Å². The van der Waals surface area contributed by atoms with E-state index in [-0.39, 0.29) is 13.1 Å². The van der Waals surface area contributed by atoms with Crippen molar-refractivity contribution in [2.24, 2.45) is 47.3 Å². The van der Waals surface area contributed by atoms with Gasteiger partial charge in [0.1, 0.15) is 0 Å². The van der Waals surface area contributed by atoms with E-state index in [9.17, 15) is 0 Å². The van der Waals surface area contributed by atoms with Crippen LogP contribution in [0.3, 0.4) is 0 Å². The molecule has 0 aromatic carbocycles. The van der Waals surface area contributed by atoms with Crippen molar-refractivity contribution in [3.05, 3.63) is 6.65 Å². The molecule has 0 spiro atoms. The molecule has 0 aromatic rings. The Kier molecular flexibility index (Phi) is 4.37.